The lowest BCUT2D eigenvalue weighted by Crippen LogP contribution is -2.67. The molecule has 0 spiro atoms. The van der Waals surface area contributed by atoms with Gasteiger partial charge in [0.05, 0.1) is 49.8 Å². The van der Waals surface area contributed by atoms with Crippen molar-refractivity contribution in [1.82, 2.24) is 0 Å². The summed E-state index contributed by atoms with van der Waals surface area (Å²) < 4.78 is 101. The number of rotatable bonds is 18. The lowest BCUT2D eigenvalue weighted by atomic mass is 9.47. The quantitative estimate of drug-likeness (QED) is 0.0521. The van der Waals surface area contributed by atoms with E-state index in [2.05, 4.69) is 40.7 Å². The van der Waals surface area contributed by atoms with Gasteiger partial charge < -0.3 is 114 Å². The van der Waals surface area contributed by atoms with Gasteiger partial charge in [-0.25, -0.2) is 4.18 Å². The van der Waals surface area contributed by atoms with Crippen molar-refractivity contribution in [2.75, 3.05) is 13.2 Å². The first kappa shape index (κ1) is 67.1. The Morgan fingerprint density at radius 3 is 1.74 bits per heavy atom. The maximum Gasteiger partial charge on any atom is 0.397 e. The number of hydrogen-bond acceptors (Lipinski definition) is 26. The number of hydrogen-bond donors (Lipinski definition) is 14. The molecular formula is C56H94O27S. The summed E-state index contributed by atoms with van der Waals surface area (Å²) in [6.45, 7) is 13.7. The number of aliphatic hydroxyl groups is 13. The van der Waals surface area contributed by atoms with E-state index < -0.39 is 201 Å². The Balaban J connectivity index is 0.976. The van der Waals surface area contributed by atoms with Crippen LogP contribution in [0.1, 0.15) is 113 Å². The molecule has 5 aliphatic heterocycles. The summed E-state index contributed by atoms with van der Waals surface area (Å²) in [7, 11) is -4.85. The predicted molar refractivity (Wildman–Crippen MR) is 285 cm³/mol. The van der Waals surface area contributed by atoms with Crippen molar-refractivity contribution in [3.8, 4) is 0 Å². The maximum atomic E-state index is 12.4. The summed E-state index contributed by atoms with van der Waals surface area (Å²) in [5.74, 6) is 0.670. The Labute approximate surface area is 489 Å². The van der Waals surface area contributed by atoms with Crippen LogP contribution >= 0.6 is 0 Å². The van der Waals surface area contributed by atoms with Crippen LogP contribution in [0.3, 0.4) is 0 Å². The van der Waals surface area contributed by atoms with E-state index >= 15 is 0 Å². The molecule has 9 aliphatic rings. The minimum atomic E-state index is -4.85. The molecule has 486 valence electrons. The van der Waals surface area contributed by atoms with Crippen molar-refractivity contribution in [3.63, 3.8) is 0 Å². The van der Waals surface area contributed by atoms with E-state index in [0.717, 1.165) is 19.3 Å². The van der Waals surface area contributed by atoms with Crippen LogP contribution in [-0.2, 0) is 62.0 Å². The maximum absolute atomic E-state index is 12.4. The van der Waals surface area contributed by atoms with Crippen molar-refractivity contribution in [3.05, 3.63) is 11.6 Å². The van der Waals surface area contributed by atoms with Crippen LogP contribution < -0.4 is 0 Å². The summed E-state index contributed by atoms with van der Waals surface area (Å²) in [5.41, 5.74) is 0.562. The fourth-order valence-corrected chi connectivity index (χ4v) is 16.4. The molecule has 0 bridgehead atoms. The molecule has 3 saturated carbocycles. The zero-order valence-electron chi connectivity index (χ0n) is 48.9. The molecule has 9 rings (SSSR count). The Morgan fingerprint density at radius 1 is 0.595 bits per heavy atom. The number of allylic oxidation sites excluding steroid dienone is 2. The van der Waals surface area contributed by atoms with Gasteiger partial charge in [-0.15, -0.1) is 0 Å². The largest absolute Gasteiger partial charge is 0.397 e. The Hall–Kier alpha value is -1.31. The molecule has 0 radical (unpaired) electrons. The van der Waals surface area contributed by atoms with Gasteiger partial charge in [0.25, 0.3) is 0 Å². The predicted octanol–water partition coefficient (Wildman–Crippen LogP) is -2.00. The summed E-state index contributed by atoms with van der Waals surface area (Å²) in [6, 6.07) is 0. The number of ether oxygens (including phenoxy) is 10. The molecule has 0 amide bonds. The highest BCUT2D eigenvalue weighted by molar-refractivity contribution is 7.80. The van der Waals surface area contributed by atoms with Gasteiger partial charge in [-0.2, -0.15) is 8.42 Å². The number of aliphatic hydroxyl groups excluding tert-OH is 13. The fourth-order valence-electron chi connectivity index (χ4n) is 15.9. The first-order valence-corrected chi connectivity index (χ1v) is 31.4. The van der Waals surface area contributed by atoms with Gasteiger partial charge in [-0.3, -0.25) is 4.55 Å². The van der Waals surface area contributed by atoms with Crippen molar-refractivity contribution in [2.24, 2.45) is 46.3 Å². The van der Waals surface area contributed by atoms with Gasteiger partial charge in [0.1, 0.15) is 97.7 Å². The molecule has 34 atom stereocenters. The number of fused-ring (bicyclic) bond motifs is 5. The lowest BCUT2D eigenvalue weighted by Gasteiger charge is -2.59. The third-order valence-corrected chi connectivity index (χ3v) is 21.0. The second kappa shape index (κ2) is 26.5. The van der Waals surface area contributed by atoms with Crippen molar-refractivity contribution in [1.29, 1.82) is 0 Å². The van der Waals surface area contributed by atoms with E-state index in [1.807, 2.05) is 0 Å². The molecule has 4 aliphatic carbocycles. The minimum Gasteiger partial charge on any atom is -0.394 e. The molecule has 5 heterocycles. The third kappa shape index (κ3) is 13.4. The van der Waals surface area contributed by atoms with Crippen LogP contribution in [-0.4, -0.2) is 258 Å². The van der Waals surface area contributed by atoms with Crippen molar-refractivity contribution >= 4 is 10.4 Å². The normalized spacial score (nSPS) is 51.8. The van der Waals surface area contributed by atoms with Gasteiger partial charge >= 0.3 is 10.4 Å². The van der Waals surface area contributed by atoms with Crippen LogP contribution in [0.15, 0.2) is 11.6 Å². The monoisotopic (exact) mass is 1230 g/mol. The topological polar surface area (TPSA) is 419 Å². The minimum absolute atomic E-state index is 0.00552. The average Bonchev–Trinajstić information content (AvgIpc) is 2.53. The van der Waals surface area contributed by atoms with E-state index in [1.54, 1.807) is 0 Å². The smallest absolute Gasteiger partial charge is 0.394 e. The highest BCUT2D eigenvalue weighted by Gasteiger charge is 2.62. The summed E-state index contributed by atoms with van der Waals surface area (Å²) >= 11 is 0. The molecule has 28 heteroatoms. The molecule has 0 aromatic rings. The van der Waals surface area contributed by atoms with Gasteiger partial charge in [0.2, 0.25) is 0 Å². The van der Waals surface area contributed by atoms with E-state index in [0.29, 0.717) is 43.9 Å². The highest BCUT2D eigenvalue weighted by Crippen LogP contribution is 2.67. The first-order valence-electron chi connectivity index (χ1n) is 30.0. The molecule has 0 aromatic heterocycles. The second-order valence-corrected chi connectivity index (χ2v) is 27.6. The summed E-state index contributed by atoms with van der Waals surface area (Å²) in [4.78, 5) is 0. The SMILES string of the molecule is CC(C)C[C@@H](O)C[C@@H](C)[C@H]1CC[C@H]2[C@@H]3C[C@H](O[C@@H]4O[C@H](C)[C@@H](O)[C@H](O[C@@H]5OC[C@@H](O[C@@H]6O[C@H](CO)[C@H](O)[C@H](O)[C@H]6O[C@@H]6O[C@H](C)[C@H](O)[C@H](O)[C@H]6O)[C@H](O)[C@H]5O[C@@H]5O[C@H](C)[C@@H](O)[C@H](O)[C@H]5O)[C@H]4O)[C@H]4C[C@@H](OS(=O)(=O)O)CC[C@]4(C)C3=CC[C@]12C. The van der Waals surface area contributed by atoms with Gasteiger partial charge in [0.15, 0.2) is 31.5 Å². The van der Waals surface area contributed by atoms with Crippen LogP contribution in [0.2, 0.25) is 0 Å². The summed E-state index contributed by atoms with van der Waals surface area (Å²) in [6.07, 6.45) is -34.7. The molecule has 0 aromatic carbocycles. The van der Waals surface area contributed by atoms with Crippen LogP contribution in [0.4, 0.5) is 0 Å². The first-order chi connectivity index (χ1) is 39.4. The molecule has 27 nitrogen and oxygen atoms in total. The Morgan fingerprint density at radius 2 is 1.15 bits per heavy atom. The fraction of sp³-hybridized carbons (Fsp3) is 0.964. The highest BCUT2D eigenvalue weighted by atomic mass is 32.3. The van der Waals surface area contributed by atoms with E-state index in [9.17, 15) is 79.4 Å². The third-order valence-electron chi connectivity index (χ3n) is 20.5. The Kier molecular flexibility index (Phi) is 21.2. The molecule has 5 saturated heterocycles. The lowest BCUT2D eigenvalue weighted by molar-refractivity contribution is -0.398. The average molecular weight is 1230 g/mol. The molecule has 8 fully saturated rings. The molecule has 84 heavy (non-hydrogen) atoms. The Bertz CT molecular complexity index is 2320. The molecule has 0 unspecified atom stereocenters. The van der Waals surface area contributed by atoms with E-state index in [-0.39, 0.29) is 29.6 Å². The van der Waals surface area contributed by atoms with Crippen molar-refractivity contribution < 1.29 is 131 Å². The van der Waals surface area contributed by atoms with Crippen molar-refractivity contribution in [2.45, 2.75) is 279 Å². The van der Waals surface area contributed by atoms with E-state index in [4.69, 9.17) is 51.6 Å². The van der Waals surface area contributed by atoms with Gasteiger partial charge in [-0.05, 0) is 125 Å². The van der Waals surface area contributed by atoms with Crippen LogP contribution in [0, 0.1) is 46.3 Å². The molecular weight excluding hydrogens is 1140 g/mol. The zero-order valence-corrected chi connectivity index (χ0v) is 49.7. The van der Waals surface area contributed by atoms with Crippen LogP contribution in [0.5, 0.6) is 0 Å². The standard InChI is InChI=1S/C56H94O27S/c1-21(2)15-26(58)16-22(3)29-9-10-30-28-18-33(32-17-27(83-84(70,71)72)11-13-56(32,8)31(28)12-14-55(29,30)7)77-52-46(69)47(38(61)25(6)76-52)80-53-48(81-50-44(67)41(64)36(59)23(4)74-50)40(63)35(20-73-53)79-54-49(43(66)39(62)34(19-57)78-54)82-51-45(68)42(65)37(60)24(5)75-51/h12,21-30,32-54,57-69H,9-11,13-20H2,1-8H3,(H,70,71,72)/t22-,23-,24-,25-,26-,27+,28+,29-,30+,32-,33+,34-,35-,36-,37+,38-,39+,40+,41+,42+,43+,44-,45-,46-,47+,48-,49-,50+,51+,52+,53+,54+,55-,56-/m1/s1. The molecule has 14 N–H and O–H groups in total. The van der Waals surface area contributed by atoms with Gasteiger partial charge in [0, 0.05) is 0 Å². The van der Waals surface area contributed by atoms with Gasteiger partial charge in [-0.1, -0.05) is 46.3 Å². The van der Waals surface area contributed by atoms with E-state index in [1.165, 1.54) is 26.3 Å². The second-order valence-electron chi connectivity index (χ2n) is 26.5. The summed E-state index contributed by atoms with van der Waals surface area (Å²) in [5, 5.41) is 144. The van der Waals surface area contributed by atoms with Crippen LogP contribution in [0.25, 0.3) is 0 Å². The zero-order chi connectivity index (χ0) is 61.4.